The molecule has 4 aromatic rings. The number of hydrogen-bond donors (Lipinski definition) is 1. The molecule has 1 atom stereocenters. The minimum atomic E-state index is -0.514. The molecule has 0 bridgehead atoms. The Labute approximate surface area is 181 Å². The van der Waals surface area contributed by atoms with E-state index in [1.165, 1.54) is 29.6 Å². The third kappa shape index (κ3) is 3.75. The zero-order chi connectivity index (χ0) is 21.5. The molecule has 5 rings (SSSR count). The summed E-state index contributed by atoms with van der Waals surface area (Å²) in [5.74, 6) is 0.144. The second-order valence-electron chi connectivity index (χ2n) is 8.62. The maximum absolute atomic E-state index is 11.4. The molecule has 2 N–H and O–H groups in total. The average Bonchev–Trinajstić information content (AvgIpc) is 3.47. The van der Waals surface area contributed by atoms with E-state index in [1.54, 1.807) is 10.7 Å². The summed E-state index contributed by atoms with van der Waals surface area (Å²) < 4.78 is 4.03. The molecule has 0 aliphatic carbocycles. The Morgan fingerprint density at radius 1 is 1.13 bits per heavy atom. The molecular weight excluding hydrogens is 386 g/mol. The van der Waals surface area contributed by atoms with Gasteiger partial charge in [0, 0.05) is 35.9 Å². The van der Waals surface area contributed by atoms with E-state index in [9.17, 15) is 4.79 Å². The second kappa shape index (κ2) is 7.71. The SMILES string of the molecule is Cc1cc(C(N)=O)nn1-c1ccc2c(ccn2Cc2ccc([C@H]3CCN(C)C3)cc2)c1. The van der Waals surface area contributed by atoms with E-state index in [2.05, 4.69) is 70.3 Å². The first-order valence-electron chi connectivity index (χ1n) is 10.7. The predicted octanol–water partition coefficient (Wildman–Crippen LogP) is 3.70. The molecule has 0 saturated carbocycles. The molecule has 31 heavy (non-hydrogen) atoms. The van der Waals surface area contributed by atoms with Gasteiger partial charge < -0.3 is 15.2 Å². The van der Waals surface area contributed by atoms with Gasteiger partial charge in [-0.3, -0.25) is 4.79 Å². The van der Waals surface area contributed by atoms with E-state index in [-0.39, 0.29) is 5.69 Å². The lowest BCUT2D eigenvalue weighted by Crippen LogP contribution is -2.13. The van der Waals surface area contributed by atoms with Gasteiger partial charge in [0.1, 0.15) is 0 Å². The summed E-state index contributed by atoms with van der Waals surface area (Å²) in [5, 5.41) is 5.48. The lowest BCUT2D eigenvalue weighted by molar-refractivity contribution is 0.0995. The van der Waals surface area contributed by atoms with Crippen LogP contribution in [0.3, 0.4) is 0 Å². The van der Waals surface area contributed by atoms with E-state index in [4.69, 9.17) is 5.73 Å². The van der Waals surface area contributed by atoms with E-state index in [0.29, 0.717) is 5.92 Å². The number of fused-ring (bicyclic) bond motifs is 1. The largest absolute Gasteiger partial charge is 0.364 e. The molecule has 1 amide bonds. The highest BCUT2D eigenvalue weighted by Gasteiger charge is 2.20. The van der Waals surface area contributed by atoms with Crippen molar-refractivity contribution in [2.24, 2.45) is 5.73 Å². The van der Waals surface area contributed by atoms with Gasteiger partial charge in [-0.2, -0.15) is 5.10 Å². The zero-order valence-corrected chi connectivity index (χ0v) is 18.0. The summed E-state index contributed by atoms with van der Waals surface area (Å²) >= 11 is 0. The number of likely N-dealkylation sites (N-methyl/N-ethyl adjacent to an activating group) is 1. The summed E-state index contributed by atoms with van der Waals surface area (Å²) in [4.78, 5) is 13.8. The van der Waals surface area contributed by atoms with Crippen LogP contribution in [0.1, 0.15) is 39.6 Å². The molecule has 0 spiro atoms. The van der Waals surface area contributed by atoms with E-state index in [0.717, 1.165) is 29.9 Å². The van der Waals surface area contributed by atoms with Gasteiger partial charge >= 0.3 is 0 Å². The van der Waals surface area contributed by atoms with Crippen LogP contribution in [0.2, 0.25) is 0 Å². The highest BCUT2D eigenvalue weighted by molar-refractivity contribution is 5.91. The first-order valence-corrected chi connectivity index (χ1v) is 10.7. The number of carbonyl (C=O) groups excluding carboxylic acids is 1. The monoisotopic (exact) mass is 413 g/mol. The van der Waals surface area contributed by atoms with Crippen LogP contribution in [-0.2, 0) is 6.54 Å². The van der Waals surface area contributed by atoms with Crippen molar-refractivity contribution in [2.45, 2.75) is 25.8 Å². The van der Waals surface area contributed by atoms with Crippen molar-refractivity contribution >= 4 is 16.8 Å². The van der Waals surface area contributed by atoms with Gasteiger partial charge in [0.25, 0.3) is 5.91 Å². The van der Waals surface area contributed by atoms with Crippen molar-refractivity contribution in [3.05, 3.63) is 83.3 Å². The maximum Gasteiger partial charge on any atom is 0.269 e. The van der Waals surface area contributed by atoms with Gasteiger partial charge in [0.15, 0.2) is 5.69 Å². The number of primary amides is 1. The summed E-state index contributed by atoms with van der Waals surface area (Å²) in [6.07, 6.45) is 3.37. The normalized spacial score (nSPS) is 16.9. The van der Waals surface area contributed by atoms with Crippen LogP contribution in [-0.4, -0.2) is 45.3 Å². The Morgan fingerprint density at radius 2 is 1.94 bits per heavy atom. The molecule has 6 nitrogen and oxygen atoms in total. The lowest BCUT2D eigenvalue weighted by Gasteiger charge is -2.12. The van der Waals surface area contributed by atoms with Gasteiger partial charge in [-0.1, -0.05) is 24.3 Å². The van der Waals surface area contributed by atoms with Crippen molar-refractivity contribution in [1.82, 2.24) is 19.2 Å². The summed E-state index contributed by atoms with van der Waals surface area (Å²) in [7, 11) is 2.20. The fourth-order valence-corrected chi connectivity index (χ4v) is 4.61. The van der Waals surface area contributed by atoms with Crippen molar-refractivity contribution in [1.29, 1.82) is 0 Å². The van der Waals surface area contributed by atoms with Gasteiger partial charge in [0.05, 0.1) is 5.69 Å². The van der Waals surface area contributed by atoms with Crippen LogP contribution in [0.4, 0.5) is 0 Å². The predicted molar refractivity (Wildman–Crippen MR) is 123 cm³/mol. The molecule has 1 saturated heterocycles. The highest BCUT2D eigenvalue weighted by atomic mass is 16.1. The Balaban J connectivity index is 1.37. The lowest BCUT2D eigenvalue weighted by atomic mass is 9.97. The average molecular weight is 414 g/mol. The van der Waals surface area contributed by atoms with Gasteiger partial charge in [-0.25, -0.2) is 4.68 Å². The molecule has 0 unspecified atom stereocenters. The molecule has 1 aliphatic heterocycles. The standard InChI is InChI=1S/C25H27N5O/c1-17-13-23(25(26)31)27-30(17)22-7-8-24-20(14-22)10-12-29(24)15-18-3-5-19(6-4-18)21-9-11-28(2)16-21/h3-8,10,12-14,21H,9,11,15-16H2,1-2H3,(H2,26,31)/t21-/m0/s1. The smallest absolute Gasteiger partial charge is 0.269 e. The van der Waals surface area contributed by atoms with E-state index >= 15 is 0 Å². The minimum Gasteiger partial charge on any atom is -0.364 e. The number of amides is 1. The Hall–Kier alpha value is -3.38. The second-order valence-corrected chi connectivity index (χ2v) is 8.62. The molecule has 0 radical (unpaired) electrons. The highest BCUT2D eigenvalue weighted by Crippen LogP contribution is 2.27. The molecule has 1 fully saturated rings. The van der Waals surface area contributed by atoms with Crippen molar-refractivity contribution < 1.29 is 4.79 Å². The Bertz CT molecular complexity index is 1250. The third-order valence-corrected chi connectivity index (χ3v) is 6.33. The molecule has 158 valence electrons. The number of nitrogens with two attached hydrogens (primary N) is 1. The van der Waals surface area contributed by atoms with Crippen LogP contribution in [0.25, 0.3) is 16.6 Å². The molecule has 1 aliphatic rings. The number of aromatic nitrogens is 3. The van der Waals surface area contributed by atoms with Crippen LogP contribution in [0, 0.1) is 6.92 Å². The first kappa shape index (κ1) is 19.6. The van der Waals surface area contributed by atoms with Crippen LogP contribution in [0.15, 0.2) is 60.8 Å². The summed E-state index contributed by atoms with van der Waals surface area (Å²) in [6.45, 7) is 5.09. The number of aryl methyl sites for hydroxylation is 1. The molecule has 2 aromatic carbocycles. The Kier molecular flexibility index (Phi) is 4.87. The maximum atomic E-state index is 11.4. The van der Waals surface area contributed by atoms with Gasteiger partial charge in [-0.05, 0) is 74.3 Å². The molecule has 6 heteroatoms. The van der Waals surface area contributed by atoms with Crippen molar-refractivity contribution in [3.8, 4) is 5.69 Å². The fraction of sp³-hybridized carbons (Fsp3) is 0.280. The summed E-state index contributed by atoms with van der Waals surface area (Å²) in [6, 6.07) is 19.2. The van der Waals surface area contributed by atoms with Crippen LogP contribution < -0.4 is 5.73 Å². The van der Waals surface area contributed by atoms with Crippen LogP contribution in [0.5, 0.6) is 0 Å². The van der Waals surface area contributed by atoms with Crippen molar-refractivity contribution in [2.75, 3.05) is 20.1 Å². The van der Waals surface area contributed by atoms with Crippen molar-refractivity contribution in [3.63, 3.8) is 0 Å². The van der Waals surface area contributed by atoms with E-state index < -0.39 is 5.91 Å². The quantitative estimate of drug-likeness (QED) is 0.542. The van der Waals surface area contributed by atoms with E-state index in [1.807, 2.05) is 13.0 Å². The minimum absolute atomic E-state index is 0.280. The number of carbonyl (C=O) groups is 1. The van der Waals surface area contributed by atoms with Gasteiger partial charge in [-0.15, -0.1) is 0 Å². The van der Waals surface area contributed by atoms with Gasteiger partial charge in [0.2, 0.25) is 0 Å². The number of hydrogen-bond acceptors (Lipinski definition) is 3. The third-order valence-electron chi connectivity index (χ3n) is 6.33. The summed E-state index contributed by atoms with van der Waals surface area (Å²) in [5.41, 5.74) is 11.4. The number of rotatable bonds is 5. The Morgan fingerprint density at radius 3 is 2.61 bits per heavy atom. The number of nitrogens with zero attached hydrogens (tertiary/aromatic N) is 4. The number of benzene rings is 2. The molecule has 2 aromatic heterocycles. The number of likely N-dealkylation sites (tertiary alicyclic amines) is 1. The molecule has 3 heterocycles. The molecular formula is C25H27N5O. The first-order chi connectivity index (χ1) is 15.0. The fourth-order valence-electron chi connectivity index (χ4n) is 4.61. The zero-order valence-electron chi connectivity index (χ0n) is 18.0. The topological polar surface area (TPSA) is 69.1 Å². The van der Waals surface area contributed by atoms with Crippen LogP contribution >= 0.6 is 0 Å².